The maximum Gasteiger partial charge on any atom is 0.314 e. The zero-order valence-electron chi connectivity index (χ0n) is 12.0. The van der Waals surface area contributed by atoms with Gasteiger partial charge in [-0.15, -0.1) is 0 Å². The van der Waals surface area contributed by atoms with E-state index in [1.165, 1.54) is 0 Å². The highest BCUT2D eigenvalue weighted by Crippen LogP contribution is 2.37. The van der Waals surface area contributed by atoms with E-state index in [-0.39, 0.29) is 0 Å². The van der Waals surface area contributed by atoms with E-state index < -0.39 is 17.5 Å². The molecule has 1 aromatic heterocycles. The molecule has 2 aromatic rings. The first kappa shape index (κ1) is 14.5. The molecular weight excluding hydrogens is 254 g/mol. The number of ether oxygens (including phenoxy) is 1. The number of carbonyl (C=O) groups excluding carboxylic acids is 1. The van der Waals surface area contributed by atoms with Crippen molar-refractivity contribution in [2.75, 3.05) is 6.61 Å². The van der Waals surface area contributed by atoms with Crippen LogP contribution in [0.2, 0.25) is 0 Å². The van der Waals surface area contributed by atoms with E-state index in [0.29, 0.717) is 17.7 Å². The fourth-order valence-electron chi connectivity index (χ4n) is 2.17. The molecule has 1 unspecified atom stereocenters. The smallest absolute Gasteiger partial charge is 0.314 e. The van der Waals surface area contributed by atoms with Crippen LogP contribution < -0.4 is 0 Å². The lowest BCUT2D eigenvalue weighted by Crippen LogP contribution is -2.33. The van der Waals surface area contributed by atoms with Gasteiger partial charge >= 0.3 is 5.97 Å². The summed E-state index contributed by atoms with van der Waals surface area (Å²) < 4.78 is 5.04. The zero-order chi connectivity index (χ0) is 14.8. The van der Waals surface area contributed by atoms with Crippen molar-refractivity contribution in [3.05, 3.63) is 42.1 Å². The quantitative estimate of drug-likeness (QED) is 0.870. The highest BCUT2D eigenvalue weighted by Gasteiger charge is 2.39. The van der Waals surface area contributed by atoms with Crippen molar-refractivity contribution in [3.8, 4) is 0 Å². The lowest BCUT2D eigenvalue weighted by atomic mass is 9.82. The number of pyridine rings is 1. The van der Waals surface area contributed by atoms with E-state index in [9.17, 15) is 9.90 Å². The van der Waals surface area contributed by atoms with Gasteiger partial charge in [0.2, 0.25) is 0 Å². The Hall–Kier alpha value is -1.94. The molecule has 0 saturated heterocycles. The molecule has 1 heterocycles. The number of aliphatic hydroxyl groups excluding tert-OH is 1. The third kappa shape index (κ3) is 2.51. The minimum absolute atomic E-state index is 0.294. The molecule has 0 aliphatic heterocycles. The summed E-state index contributed by atoms with van der Waals surface area (Å²) in [5.41, 5.74) is 0.322. The van der Waals surface area contributed by atoms with Crippen LogP contribution in [0.4, 0.5) is 0 Å². The van der Waals surface area contributed by atoms with Gasteiger partial charge < -0.3 is 9.84 Å². The number of rotatable bonds is 4. The summed E-state index contributed by atoms with van der Waals surface area (Å²) >= 11 is 0. The number of carbonyl (C=O) groups is 1. The van der Waals surface area contributed by atoms with Gasteiger partial charge in [-0.1, -0.05) is 24.3 Å². The number of fused-ring (bicyclic) bond motifs is 1. The van der Waals surface area contributed by atoms with Crippen molar-refractivity contribution in [1.82, 2.24) is 4.98 Å². The molecule has 1 aromatic carbocycles. The maximum absolute atomic E-state index is 12.0. The number of nitrogens with zero attached hydrogens (tertiary/aromatic N) is 1. The summed E-state index contributed by atoms with van der Waals surface area (Å²) in [4.78, 5) is 16.3. The van der Waals surface area contributed by atoms with Crippen LogP contribution in [-0.4, -0.2) is 22.7 Å². The molecule has 4 nitrogen and oxygen atoms in total. The predicted octanol–water partition coefficient (Wildman–Crippen LogP) is 2.86. The monoisotopic (exact) mass is 273 g/mol. The SMILES string of the molecule is CCOC(=O)C(C)(C)C(O)c1cccc2cccnc12. The molecule has 0 bridgehead atoms. The number of benzene rings is 1. The van der Waals surface area contributed by atoms with Gasteiger partial charge in [-0.05, 0) is 26.8 Å². The van der Waals surface area contributed by atoms with Gasteiger partial charge in [-0.2, -0.15) is 0 Å². The van der Waals surface area contributed by atoms with Gasteiger partial charge in [0.1, 0.15) is 0 Å². The van der Waals surface area contributed by atoms with Crippen molar-refractivity contribution in [3.63, 3.8) is 0 Å². The molecule has 106 valence electrons. The lowest BCUT2D eigenvalue weighted by molar-refractivity contribution is -0.160. The lowest BCUT2D eigenvalue weighted by Gasteiger charge is -2.28. The summed E-state index contributed by atoms with van der Waals surface area (Å²) in [5.74, 6) is -0.416. The van der Waals surface area contributed by atoms with Crippen molar-refractivity contribution in [1.29, 1.82) is 0 Å². The maximum atomic E-state index is 12.0. The van der Waals surface area contributed by atoms with E-state index >= 15 is 0 Å². The first-order valence-corrected chi connectivity index (χ1v) is 6.67. The Labute approximate surface area is 118 Å². The van der Waals surface area contributed by atoms with E-state index in [2.05, 4.69) is 4.98 Å². The Morgan fingerprint density at radius 1 is 1.35 bits per heavy atom. The third-order valence-electron chi connectivity index (χ3n) is 3.44. The van der Waals surface area contributed by atoms with Crippen LogP contribution in [-0.2, 0) is 9.53 Å². The Morgan fingerprint density at radius 2 is 2.05 bits per heavy atom. The van der Waals surface area contributed by atoms with Gasteiger partial charge in [-0.25, -0.2) is 0 Å². The second-order valence-corrected chi connectivity index (χ2v) is 5.27. The number of aromatic nitrogens is 1. The standard InChI is InChI=1S/C16H19NO3/c1-4-20-15(19)16(2,3)14(18)12-9-5-7-11-8-6-10-17-13(11)12/h5-10,14,18H,4H2,1-3H3. The van der Waals surface area contributed by atoms with Gasteiger partial charge in [-0.3, -0.25) is 9.78 Å². The van der Waals surface area contributed by atoms with Crippen LogP contribution >= 0.6 is 0 Å². The number of aliphatic hydroxyl groups is 1. The topological polar surface area (TPSA) is 59.4 Å². The predicted molar refractivity (Wildman–Crippen MR) is 77.1 cm³/mol. The molecule has 0 aliphatic rings. The molecule has 0 fully saturated rings. The zero-order valence-corrected chi connectivity index (χ0v) is 12.0. The molecular formula is C16H19NO3. The molecule has 1 atom stereocenters. The third-order valence-corrected chi connectivity index (χ3v) is 3.44. The summed E-state index contributed by atoms with van der Waals surface area (Å²) in [6.07, 6.45) is 0.704. The van der Waals surface area contributed by atoms with Crippen LogP contribution in [0.5, 0.6) is 0 Å². The van der Waals surface area contributed by atoms with Gasteiger partial charge in [0.25, 0.3) is 0 Å². The molecule has 2 rings (SSSR count). The number of para-hydroxylation sites is 1. The highest BCUT2D eigenvalue weighted by molar-refractivity contribution is 5.84. The fraction of sp³-hybridized carbons (Fsp3) is 0.375. The van der Waals surface area contributed by atoms with Crippen molar-refractivity contribution < 1.29 is 14.6 Å². The molecule has 0 spiro atoms. The largest absolute Gasteiger partial charge is 0.465 e. The van der Waals surface area contributed by atoms with Crippen molar-refractivity contribution in [2.24, 2.45) is 5.41 Å². The normalized spacial score (nSPS) is 13.2. The minimum Gasteiger partial charge on any atom is -0.465 e. The number of hydrogen-bond donors (Lipinski definition) is 1. The van der Waals surface area contributed by atoms with Crippen LogP contribution in [0.15, 0.2) is 36.5 Å². The Morgan fingerprint density at radius 3 is 2.75 bits per heavy atom. The van der Waals surface area contributed by atoms with Crippen molar-refractivity contribution in [2.45, 2.75) is 26.9 Å². The average molecular weight is 273 g/mol. The van der Waals surface area contributed by atoms with Gasteiger partial charge in [0.15, 0.2) is 0 Å². The second-order valence-electron chi connectivity index (χ2n) is 5.27. The van der Waals surface area contributed by atoms with Crippen molar-refractivity contribution >= 4 is 16.9 Å². The fourth-order valence-corrected chi connectivity index (χ4v) is 2.17. The number of esters is 1. The molecule has 1 N–H and O–H groups in total. The summed E-state index contributed by atoms with van der Waals surface area (Å²) in [6, 6.07) is 9.34. The second kappa shape index (κ2) is 5.59. The Balaban J connectivity index is 2.45. The highest BCUT2D eigenvalue weighted by atomic mass is 16.5. The summed E-state index contributed by atoms with van der Waals surface area (Å²) in [5, 5.41) is 11.5. The summed E-state index contributed by atoms with van der Waals surface area (Å²) in [7, 11) is 0. The first-order valence-electron chi connectivity index (χ1n) is 6.67. The molecule has 0 amide bonds. The van der Waals surface area contributed by atoms with E-state index in [1.54, 1.807) is 33.0 Å². The van der Waals surface area contributed by atoms with E-state index in [0.717, 1.165) is 5.39 Å². The van der Waals surface area contributed by atoms with Gasteiger partial charge in [0.05, 0.1) is 23.6 Å². The van der Waals surface area contributed by atoms with Crippen LogP contribution in [0.3, 0.4) is 0 Å². The summed E-state index contributed by atoms with van der Waals surface area (Å²) in [6.45, 7) is 5.40. The van der Waals surface area contributed by atoms with E-state index in [1.807, 2.05) is 24.3 Å². The first-order chi connectivity index (χ1) is 9.48. The number of hydrogen-bond acceptors (Lipinski definition) is 4. The molecule has 0 saturated carbocycles. The molecule has 4 heteroatoms. The Bertz CT molecular complexity index is 617. The Kier molecular flexibility index (Phi) is 4.04. The van der Waals surface area contributed by atoms with Crippen LogP contribution in [0.25, 0.3) is 10.9 Å². The minimum atomic E-state index is -1.03. The van der Waals surface area contributed by atoms with Gasteiger partial charge in [0, 0.05) is 17.1 Å². The van der Waals surface area contributed by atoms with Crippen LogP contribution in [0.1, 0.15) is 32.4 Å². The molecule has 0 aliphatic carbocycles. The van der Waals surface area contributed by atoms with Crippen LogP contribution in [0, 0.1) is 5.41 Å². The molecule has 20 heavy (non-hydrogen) atoms. The average Bonchev–Trinajstić information content (AvgIpc) is 2.46. The van der Waals surface area contributed by atoms with E-state index in [4.69, 9.17) is 4.74 Å². The molecule has 0 radical (unpaired) electrons.